The maximum atomic E-state index is 13.1. The van der Waals surface area contributed by atoms with Crippen molar-refractivity contribution in [1.82, 2.24) is 0 Å². The van der Waals surface area contributed by atoms with Gasteiger partial charge in [0.15, 0.2) is 11.5 Å². The predicted molar refractivity (Wildman–Crippen MR) is 91.8 cm³/mol. The van der Waals surface area contributed by atoms with Crippen LogP contribution >= 0.6 is 0 Å². The molecular formula is C19H21NO4. The molecule has 1 aliphatic heterocycles. The van der Waals surface area contributed by atoms with Crippen molar-refractivity contribution in [2.75, 3.05) is 19.1 Å². The second kappa shape index (κ2) is 6.53. The number of anilines is 1. The molecule has 2 atom stereocenters. The molecule has 0 spiro atoms. The SMILES string of the molecule is COc1ccc(C(=O)N2c3ccccc3[C@H](O)C[C@@H]2C)cc1OC. The molecule has 126 valence electrons. The van der Waals surface area contributed by atoms with Gasteiger partial charge in [-0.2, -0.15) is 0 Å². The molecule has 0 aromatic heterocycles. The van der Waals surface area contributed by atoms with Crippen molar-refractivity contribution in [3.05, 3.63) is 53.6 Å². The van der Waals surface area contributed by atoms with Crippen LogP contribution in [0.15, 0.2) is 42.5 Å². The topological polar surface area (TPSA) is 59.0 Å². The number of nitrogens with zero attached hydrogens (tertiary/aromatic N) is 1. The zero-order valence-corrected chi connectivity index (χ0v) is 14.0. The number of methoxy groups -OCH3 is 2. The van der Waals surface area contributed by atoms with E-state index < -0.39 is 6.10 Å². The second-order valence-electron chi connectivity index (χ2n) is 5.90. The van der Waals surface area contributed by atoms with E-state index in [1.165, 1.54) is 0 Å². The van der Waals surface area contributed by atoms with E-state index in [1.54, 1.807) is 37.3 Å². The standard InChI is InChI=1S/C19H21NO4/c1-12-10-16(21)14-6-4-5-7-15(14)20(12)19(22)13-8-9-17(23-2)18(11-13)24-3/h4-9,11-12,16,21H,10H2,1-3H3/t12-,16+/m0/s1. The van der Waals surface area contributed by atoms with Gasteiger partial charge in [0.25, 0.3) is 5.91 Å². The van der Waals surface area contributed by atoms with Crippen LogP contribution < -0.4 is 14.4 Å². The molecule has 0 unspecified atom stereocenters. The summed E-state index contributed by atoms with van der Waals surface area (Å²) in [5.74, 6) is 0.973. The number of carbonyl (C=O) groups excluding carboxylic acids is 1. The van der Waals surface area contributed by atoms with E-state index >= 15 is 0 Å². The first-order valence-corrected chi connectivity index (χ1v) is 7.89. The number of aliphatic hydroxyl groups is 1. The van der Waals surface area contributed by atoms with Gasteiger partial charge in [0, 0.05) is 17.2 Å². The molecule has 0 aliphatic carbocycles. The lowest BCUT2D eigenvalue weighted by molar-refractivity contribution is 0.0948. The highest BCUT2D eigenvalue weighted by atomic mass is 16.5. The lowest BCUT2D eigenvalue weighted by Crippen LogP contribution is -2.43. The number of para-hydroxylation sites is 1. The Hall–Kier alpha value is -2.53. The smallest absolute Gasteiger partial charge is 0.258 e. The summed E-state index contributed by atoms with van der Waals surface area (Å²) >= 11 is 0. The number of aliphatic hydroxyl groups excluding tert-OH is 1. The van der Waals surface area contributed by atoms with E-state index in [1.807, 2.05) is 31.2 Å². The van der Waals surface area contributed by atoms with Crippen LogP contribution in [0.5, 0.6) is 11.5 Å². The molecule has 0 saturated carbocycles. The first-order chi connectivity index (χ1) is 11.6. The molecule has 0 fully saturated rings. The monoisotopic (exact) mass is 327 g/mol. The fourth-order valence-corrected chi connectivity index (χ4v) is 3.20. The highest BCUT2D eigenvalue weighted by Crippen LogP contribution is 2.38. The van der Waals surface area contributed by atoms with Gasteiger partial charge in [0.2, 0.25) is 0 Å². The maximum Gasteiger partial charge on any atom is 0.258 e. The van der Waals surface area contributed by atoms with Crippen molar-refractivity contribution in [1.29, 1.82) is 0 Å². The Balaban J connectivity index is 2.02. The number of hydrogen-bond donors (Lipinski definition) is 1. The Bertz CT molecular complexity index is 759. The molecule has 1 amide bonds. The van der Waals surface area contributed by atoms with Crippen LogP contribution in [0.2, 0.25) is 0 Å². The summed E-state index contributed by atoms with van der Waals surface area (Å²) in [6.07, 6.45) is -0.0404. The number of ether oxygens (including phenoxy) is 2. The predicted octanol–water partition coefficient (Wildman–Crippen LogP) is 3.18. The average Bonchev–Trinajstić information content (AvgIpc) is 2.61. The molecule has 5 nitrogen and oxygen atoms in total. The van der Waals surface area contributed by atoms with E-state index in [0.29, 0.717) is 23.5 Å². The van der Waals surface area contributed by atoms with Crippen molar-refractivity contribution in [3.8, 4) is 11.5 Å². The number of benzene rings is 2. The lowest BCUT2D eigenvalue weighted by atomic mass is 9.93. The van der Waals surface area contributed by atoms with E-state index in [0.717, 1.165) is 11.3 Å². The minimum Gasteiger partial charge on any atom is -0.493 e. The molecule has 0 bridgehead atoms. The number of rotatable bonds is 3. The summed E-state index contributed by atoms with van der Waals surface area (Å²) in [5, 5.41) is 10.3. The van der Waals surface area contributed by atoms with Crippen LogP contribution in [0.4, 0.5) is 5.69 Å². The Morgan fingerprint density at radius 2 is 1.83 bits per heavy atom. The van der Waals surface area contributed by atoms with Crippen LogP contribution in [-0.4, -0.2) is 31.3 Å². The molecule has 2 aromatic carbocycles. The largest absolute Gasteiger partial charge is 0.493 e. The van der Waals surface area contributed by atoms with Crippen LogP contribution in [0.25, 0.3) is 0 Å². The molecule has 3 rings (SSSR count). The van der Waals surface area contributed by atoms with Gasteiger partial charge in [-0.05, 0) is 37.6 Å². The highest BCUT2D eigenvalue weighted by molar-refractivity contribution is 6.07. The first-order valence-electron chi connectivity index (χ1n) is 7.89. The van der Waals surface area contributed by atoms with Gasteiger partial charge in [-0.1, -0.05) is 18.2 Å². The third-order valence-corrected chi connectivity index (χ3v) is 4.41. The van der Waals surface area contributed by atoms with Crippen LogP contribution in [-0.2, 0) is 0 Å². The summed E-state index contributed by atoms with van der Waals surface area (Å²) in [6, 6.07) is 12.5. The second-order valence-corrected chi connectivity index (χ2v) is 5.90. The van der Waals surface area contributed by atoms with Gasteiger partial charge < -0.3 is 19.5 Å². The van der Waals surface area contributed by atoms with Gasteiger partial charge in [0.1, 0.15) is 0 Å². The fourth-order valence-electron chi connectivity index (χ4n) is 3.20. The van der Waals surface area contributed by atoms with Gasteiger partial charge in [0.05, 0.1) is 26.0 Å². The molecule has 1 N–H and O–H groups in total. The van der Waals surface area contributed by atoms with Crippen molar-refractivity contribution in [3.63, 3.8) is 0 Å². The lowest BCUT2D eigenvalue weighted by Gasteiger charge is -2.37. The molecule has 1 aliphatic rings. The molecule has 1 heterocycles. The van der Waals surface area contributed by atoms with Crippen LogP contribution in [0, 0.1) is 0 Å². The summed E-state index contributed by atoms with van der Waals surface area (Å²) in [4.78, 5) is 14.8. The molecule has 0 radical (unpaired) electrons. The van der Waals surface area contributed by atoms with E-state index in [-0.39, 0.29) is 11.9 Å². The molecular weight excluding hydrogens is 306 g/mol. The number of hydrogen-bond acceptors (Lipinski definition) is 4. The van der Waals surface area contributed by atoms with E-state index in [2.05, 4.69) is 0 Å². The van der Waals surface area contributed by atoms with Crippen LogP contribution in [0.3, 0.4) is 0 Å². The van der Waals surface area contributed by atoms with Gasteiger partial charge in [-0.3, -0.25) is 4.79 Å². The van der Waals surface area contributed by atoms with Crippen molar-refractivity contribution in [2.24, 2.45) is 0 Å². The van der Waals surface area contributed by atoms with Crippen LogP contribution in [0.1, 0.15) is 35.4 Å². The fraction of sp³-hybridized carbons (Fsp3) is 0.316. The van der Waals surface area contributed by atoms with Gasteiger partial charge in [-0.25, -0.2) is 0 Å². The van der Waals surface area contributed by atoms with Crippen molar-refractivity contribution in [2.45, 2.75) is 25.5 Å². The number of fused-ring (bicyclic) bond motifs is 1. The first kappa shape index (κ1) is 16.3. The van der Waals surface area contributed by atoms with Crippen molar-refractivity contribution >= 4 is 11.6 Å². The Morgan fingerprint density at radius 3 is 2.54 bits per heavy atom. The normalized spacial score (nSPS) is 19.6. The Morgan fingerprint density at radius 1 is 1.12 bits per heavy atom. The van der Waals surface area contributed by atoms with Crippen molar-refractivity contribution < 1.29 is 19.4 Å². The Labute approximate surface area is 141 Å². The summed E-state index contributed by atoms with van der Waals surface area (Å²) in [6.45, 7) is 1.94. The summed E-state index contributed by atoms with van der Waals surface area (Å²) in [5.41, 5.74) is 2.05. The highest BCUT2D eigenvalue weighted by Gasteiger charge is 2.33. The zero-order valence-electron chi connectivity index (χ0n) is 14.0. The molecule has 5 heteroatoms. The summed E-state index contributed by atoms with van der Waals surface area (Å²) in [7, 11) is 3.10. The van der Waals surface area contributed by atoms with Gasteiger partial charge in [-0.15, -0.1) is 0 Å². The molecule has 24 heavy (non-hydrogen) atoms. The maximum absolute atomic E-state index is 13.1. The third kappa shape index (κ3) is 2.71. The number of amides is 1. The average molecular weight is 327 g/mol. The van der Waals surface area contributed by atoms with E-state index in [9.17, 15) is 9.90 Å². The summed E-state index contributed by atoms with van der Waals surface area (Å²) < 4.78 is 10.5. The third-order valence-electron chi connectivity index (χ3n) is 4.41. The zero-order chi connectivity index (χ0) is 17.3. The molecule has 0 saturated heterocycles. The molecule has 2 aromatic rings. The van der Waals surface area contributed by atoms with Gasteiger partial charge >= 0.3 is 0 Å². The van der Waals surface area contributed by atoms with E-state index in [4.69, 9.17) is 9.47 Å². The minimum atomic E-state index is -0.550. The minimum absolute atomic E-state index is 0.101. The Kier molecular flexibility index (Phi) is 4.44. The quantitative estimate of drug-likeness (QED) is 0.941. The number of carbonyl (C=O) groups is 1.